The third-order valence-electron chi connectivity index (χ3n) is 9.09. The predicted molar refractivity (Wildman–Crippen MR) is 126 cm³/mol. The smallest absolute Gasteiger partial charge is 0.243 e. The monoisotopic (exact) mass is 472 g/mol. The van der Waals surface area contributed by atoms with Crippen LogP contribution in [0.25, 0.3) is 0 Å². The van der Waals surface area contributed by atoms with E-state index in [0.717, 1.165) is 17.8 Å². The van der Waals surface area contributed by atoms with Crippen LogP contribution in [0, 0.1) is 29.1 Å². The van der Waals surface area contributed by atoms with Gasteiger partial charge in [-0.1, -0.05) is 12.1 Å². The second kappa shape index (κ2) is 8.49. The Hall–Kier alpha value is -1.73. The minimum atomic E-state index is -3.62. The normalized spacial score (nSPS) is 33.1. The van der Waals surface area contributed by atoms with Gasteiger partial charge in [-0.05, 0) is 101 Å². The van der Waals surface area contributed by atoms with Gasteiger partial charge in [0.2, 0.25) is 15.9 Å². The van der Waals surface area contributed by atoms with Crippen LogP contribution >= 0.6 is 0 Å². The lowest BCUT2D eigenvalue weighted by molar-refractivity contribution is -0.130. The van der Waals surface area contributed by atoms with Gasteiger partial charge in [-0.15, -0.1) is 0 Å². The van der Waals surface area contributed by atoms with Gasteiger partial charge in [0.05, 0.1) is 4.90 Å². The van der Waals surface area contributed by atoms with Crippen LogP contribution in [0.15, 0.2) is 29.2 Å². The Morgan fingerprint density at radius 1 is 0.970 bits per heavy atom. The second-order valence-electron chi connectivity index (χ2n) is 11.3. The van der Waals surface area contributed by atoms with Crippen LogP contribution in [0.4, 0.5) is 0 Å². The molecule has 7 heteroatoms. The molecule has 1 amide bonds. The molecule has 0 aromatic heterocycles. The molecular weight excluding hydrogens is 436 g/mol. The molecule has 33 heavy (non-hydrogen) atoms. The van der Waals surface area contributed by atoms with E-state index in [1.54, 1.807) is 12.1 Å². The number of carbonyl (C=O) groups excluding carboxylic acids is 2. The lowest BCUT2D eigenvalue weighted by Gasteiger charge is -2.59. The molecule has 0 radical (unpaired) electrons. The molecule has 1 unspecified atom stereocenters. The van der Waals surface area contributed by atoms with Crippen LogP contribution in [0.5, 0.6) is 0 Å². The molecule has 180 valence electrons. The first-order valence-electron chi connectivity index (χ1n) is 12.6. The molecule has 4 bridgehead atoms. The van der Waals surface area contributed by atoms with Crippen LogP contribution in [-0.2, 0) is 14.8 Å². The summed E-state index contributed by atoms with van der Waals surface area (Å²) >= 11 is 0. The molecule has 4 aliphatic carbocycles. The standard InChI is InChI=1S/C26H36N2O4S/c1-17(29)22-3-5-24(6-4-22)33(31,32)28-9-7-23(8-10-28)25(30)27-18(2)26-14-19-11-20(15-26)13-21(12-19)16-26/h3-6,18-21,23H,7-16H2,1-2H3,(H,27,30). The molecule has 1 atom stereocenters. The largest absolute Gasteiger partial charge is 0.353 e. The molecule has 0 spiro atoms. The average Bonchev–Trinajstić information content (AvgIpc) is 2.78. The minimum absolute atomic E-state index is 0.0893. The fraction of sp³-hybridized carbons (Fsp3) is 0.692. The lowest BCUT2D eigenvalue weighted by atomic mass is 9.48. The highest BCUT2D eigenvalue weighted by Gasteiger charge is 2.53. The molecule has 1 N–H and O–H groups in total. The quantitative estimate of drug-likeness (QED) is 0.634. The summed E-state index contributed by atoms with van der Waals surface area (Å²) in [6, 6.07) is 6.30. The number of carbonyl (C=O) groups is 2. The van der Waals surface area contributed by atoms with Gasteiger partial charge in [0.25, 0.3) is 0 Å². The maximum Gasteiger partial charge on any atom is 0.243 e. The number of benzene rings is 1. The molecule has 4 saturated carbocycles. The van der Waals surface area contributed by atoms with Crippen molar-refractivity contribution in [3.63, 3.8) is 0 Å². The molecule has 6 nitrogen and oxygen atoms in total. The van der Waals surface area contributed by atoms with E-state index in [9.17, 15) is 18.0 Å². The highest BCUT2D eigenvalue weighted by atomic mass is 32.2. The van der Waals surface area contributed by atoms with Gasteiger partial charge in [-0.3, -0.25) is 9.59 Å². The maximum absolute atomic E-state index is 13.1. The van der Waals surface area contributed by atoms with Crippen molar-refractivity contribution in [1.29, 1.82) is 0 Å². The average molecular weight is 473 g/mol. The zero-order valence-electron chi connectivity index (χ0n) is 19.8. The topological polar surface area (TPSA) is 83.6 Å². The van der Waals surface area contributed by atoms with Gasteiger partial charge in [-0.25, -0.2) is 8.42 Å². The van der Waals surface area contributed by atoms with E-state index in [0.29, 0.717) is 31.5 Å². The summed E-state index contributed by atoms with van der Waals surface area (Å²) in [5.74, 6) is 2.44. The summed E-state index contributed by atoms with van der Waals surface area (Å²) in [5.41, 5.74) is 0.776. The first-order chi connectivity index (χ1) is 15.7. The third kappa shape index (κ3) is 4.27. The Bertz CT molecular complexity index is 990. The number of piperidine rings is 1. The number of rotatable bonds is 6. The Balaban J connectivity index is 1.18. The number of hydrogen-bond donors (Lipinski definition) is 1. The molecule has 5 aliphatic rings. The van der Waals surface area contributed by atoms with Crippen molar-refractivity contribution in [2.24, 2.45) is 29.1 Å². The van der Waals surface area contributed by atoms with E-state index in [2.05, 4.69) is 12.2 Å². The van der Waals surface area contributed by atoms with E-state index in [1.807, 2.05) is 0 Å². The van der Waals surface area contributed by atoms with Crippen molar-refractivity contribution in [1.82, 2.24) is 9.62 Å². The summed E-state index contributed by atoms with van der Waals surface area (Å²) in [4.78, 5) is 24.8. The van der Waals surface area contributed by atoms with E-state index >= 15 is 0 Å². The fourth-order valence-electron chi connectivity index (χ4n) is 7.56. The van der Waals surface area contributed by atoms with Crippen molar-refractivity contribution in [2.45, 2.75) is 76.2 Å². The van der Waals surface area contributed by atoms with Crippen LogP contribution in [-0.4, -0.2) is 43.5 Å². The van der Waals surface area contributed by atoms with E-state index < -0.39 is 10.0 Å². The summed E-state index contributed by atoms with van der Waals surface area (Å²) < 4.78 is 27.5. The summed E-state index contributed by atoms with van der Waals surface area (Å²) in [6.07, 6.45) is 9.06. The van der Waals surface area contributed by atoms with Crippen LogP contribution in [0.2, 0.25) is 0 Å². The number of Topliss-reactive ketones (excluding diaryl/α,β-unsaturated/α-hetero) is 1. The molecular formula is C26H36N2O4S. The number of sulfonamides is 1. The van der Waals surface area contributed by atoms with Gasteiger partial charge in [0.15, 0.2) is 5.78 Å². The lowest BCUT2D eigenvalue weighted by Crippen LogP contribution is -2.56. The van der Waals surface area contributed by atoms with Gasteiger partial charge in [0, 0.05) is 30.6 Å². The van der Waals surface area contributed by atoms with Gasteiger partial charge in [0.1, 0.15) is 0 Å². The first kappa shape index (κ1) is 23.0. The highest BCUT2D eigenvalue weighted by Crippen LogP contribution is 2.61. The van der Waals surface area contributed by atoms with Crippen molar-refractivity contribution in [3.05, 3.63) is 29.8 Å². The van der Waals surface area contributed by atoms with Gasteiger partial charge in [-0.2, -0.15) is 4.31 Å². The van der Waals surface area contributed by atoms with E-state index in [1.165, 1.54) is 61.9 Å². The molecule has 1 aromatic rings. The molecule has 1 heterocycles. The van der Waals surface area contributed by atoms with Gasteiger partial charge < -0.3 is 5.32 Å². The van der Waals surface area contributed by atoms with E-state index in [4.69, 9.17) is 0 Å². The molecule has 1 saturated heterocycles. The SMILES string of the molecule is CC(=O)c1ccc(S(=O)(=O)N2CCC(C(=O)NC(C)C34CC5CC(CC(C5)C3)C4)CC2)cc1. The second-order valence-corrected chi connectivity index (χ2v) is 13.2. The van der Waals surface area contributed by atoms with Crippen LogP contribution in [0.1, 0.15) is 75.6 Å². The molecule has 6 rings (SSSR count). The zero-order valence-corrected chi connectivity index (χ0v) is 20.6. The van der Waals surface area contributed by atoms with Crippen molar-refractivity contribution >= 4 is 21.7 Å². The molecule has 1 aliphatic heterocycles. The predicted octanol–water partition coefficient (Wildman–Crippen LogP) is 4.01. The Morgan fingerprint density at radius 3 is 1.97 bits per heavy atom. The van der Waals surface area contributed by atoms with Crippen LogP contribution < -0.4 is 5.32 Å². The summed E-state index contributed by atoms with van der Waals surface area (Å²) in [6.45, 7) is 4.36. The van der Waals surface area contributed by atoms with Crippen molar-refractivity contribution in [3.8, 4) is 0 Å². The van der Waals surface area contributed by atoms with Gasteiger partial charge >= 0.3 is 0 Å². The Labute approximate surface area is 197 Å². The fourth-order valence-corrected chi connectivity index (χ4v) is 9.03. The number of hydrogen-bond acceptors (Lipinski definition) is 4. The number of ketones is 1. The third-order valence-corrected chi connectivity index (χ3v) is 11.0. The Kier molecular flexibility index (Phi) is 5.93. The molecule has 5 fully saturated rings. The highest BCUT2D eigenvalue weighted by molar-refractivity contribution is 7.89. The Morgan fingerprint density at radius 2 is 1.48 bits per heavy atom. The minimum Gasteiger partial charge on any atom is -0.353 e. The van der Waals surface area contributed by atoms with Crippen LogP contribution in [0.3, 0.4) is 0 Å². The summed E-state index contributed by atoms with van der Waals surface area (Å²) in [7, 11) is -3.62. The maximum atomic E-state index is 13.1. The van der Waals surface area contributed by atoms with Crippen molar-refractivity contribution < 1.29 is 18.0 Å². The zero-order chi connectivity index (χ0) is 23.4. The van der Waals surface area contributed by atoms with E-state index in [-0.39, 0.29) is 34.0 Å². The number of nitrogens with zero attached hydrogens (tertiary/aromatic N) is 1. The summed E-state index contributed by atoms with van der Waals surface area (Å²) in [5, 5.41) is 3.37. The number of amides is 1. The molecule has 1 aromatic carbocycles. The van der Waals surface area contributed by atoms with Crippen molar-refractivity contribution in [2.75, 3.05) is 13.1 Å². The first-order valence-corrected chi connectivity index (χ1v) is 14.0. The number of nitrogens with one attached hydrogen (secondary N) is 1.